The molecular formula is C26H32N6O5S. The number of amides is 1. The molecule has 3 heterocycles. The lowest BCUT2D eigenvalue weighted by atomic mass is 9.76. The standard InChI is InChI=1S/C26H32N6O5S/c1-17-16-31(24(34)37-25(2,3)4)15-12-26(17,11-13-27)32-20-10-14-28-23(33)21(20)22(30-32)29-18-6-8-19(9-7-18)38(5,35)36/h6-10,14,17H,11-12,15-16H2,1-5H3,(H,28,33)(H,29,30)/t17-,26-/m0/s1. The van der Waals surface area contributed by atoms with Crippen LogP contribution in [0.4, 0.5) is 16.3 Å². The SMILES string of the molecule is C[C@H]1CN(C(=O)OC(C)(C)C)CC[C@]1(CC#N)n1nc(Nc2ccc(S(C)(=O)=O)cc2)c2c(=O)[nH]ccc21. The monoisotopic (exact) mass is 540 g/mol. The van der Waals surface area contributed by atoms with E-state index in [1.807, 2.05) is 27.7 Å². The molecule has 12 heteroatoms. The summed E-state index contributed by atoms with van der Waals surface area (Å²) >= 11 is 0. The van der Waals surface area contributed by atoms with Gasteiger partial charge >= 0.3 is 6.09 Å². The molecule has 11 nitrogen and oxygen atoms in total. The molecule has 0 unspecified atom stereocenters. The highest BCUT2D eigenvalue weighted by Gasteiger charge is 2.46. The summed E-state index contributed by atoms with van der Waals surface area (Å²) in [5, 5.41) is 18.1. The number of H-pyrrole nitrogens is 1. The average Bonchev–Trinajstić information content (AvgIpc) is 3.19. The van der Waals surface area contributed by atoms with Crippen LogP contribution in [0.2, 0.25) is 0 Å². The Labute approximate surface area is 221 Å². The van der Waals surface area contributed by atoms with Crippen molar-refractivity contribution < 1.29 is 17.9 Å². The number of piperidine rings is 1. The number of pyridine rings is 1. The molecule has 1 aromatic carbocycles. The minimum atomic E-state index is -3.36. The number of hydrogen-bond donors (Lipinski definition) is 2. The normalized spacial score (nSPS) is 20.2. The molecule has 1 aliphatic rings. The van der Waals surface area contributed by atoms with Crippen molar-refractivity contribution >= 4 is 38.3 Å². The van der Waals surface area contributed by atoms with Gasteiger partial charge in [-0.3, -0.25) is 9.48 Å². The van der Waals surface area contributed by atoms with Crippen molar-refractivity contribution in [1.82, 2.24) is 19.7 Å². The van der Waals surface area contributed by atoms with Crippen LogP contribution in [0.25, 0.3) is 10.9 Å². The fourth-order valence-corrected chi connectivity index (χ4v) is 5.51. The lowest BCUT2D eigenvalue weighted by Gasteiger charge is -2.45. The van der Waals surface area contributed by atoms with Crippen molar-refractivity contribution in [3.63, 3.8) is 0 Å². The molecule has 1 aliphatic heterocycles. The first-order valence-electron chi connectivity index (χ1n) is 12.3. The van der Waals surface area contributed by atoms with Crippen LogP contribution in [0.5, 0.6) is 0 Å². The van der Waals surface area contributed by atoms with E-state index in [0.717, 1.165) is 6.26 Å². The molecule has 1 amide bonds. The molecule has 1 fully saturated rings. The maximum absolute atomic E-state index is 12.9. The number of rotatable bonds is 5. The number of carbonyl (C=O) groups is 1. The van der Waals surface area contributed by atoms with Crippen molar-refractivity contribution in [2.45, 2.75) is 56.6 Å². The summed E-state index contributed by atoms with van der Waals surface area (Å²) in [6, 6.07) is 10.2. The molecule has 4 rings (SSSR count). The summed E-state index contributed by atoms with van der Waals surface area (Å²) in [6.07, 6.45) is 2.83. The number of fused-ring (bicyclic) bond motifs is 1. The van der Waals surface area contributed by atoms with Gasteiger partial charge in [-0.05, 0) is 57.5 Å². The molecule has 2 atom stereocenters. The molecule has 1 saturated heterocycles. The zero-order valence-electron chi connectivity index (χ0n) is 22.1. The first kappa shape index (κ1) is 27.2. The van der Waals surface area contributed by atoms with E-state index in [1.54, 1.807) is 27.8 Å². The van der Waals surface area contributed by atoms with Crippen molar-refractivity contribution in [2.75, 3.05) is 24.7 Å². The lowest BCUT2D eigenvalue weighted by Crippen LogP contribution is -2.54. The Morgan fingerprint density at radius 1 is 1.29 bits per heavy atom. The van der Waals surface area contributed by atoms with Crippen molar-refractivity contribution in [2.24, 2.45) is 5.92 Å². The minimum absolute atomic E-state index is 0.127. The fraction of sp³-hybridized carbons (Fsp3) is 0.462. The highest BCUT2D eigenvalue weighted by molar-refractivity contribution is 7.90. The van der Waals surface area contributed by atoms with Crippen molar-refractivity contribution in [1.29, 1.82) is 5.26 Å². The molecule has 0 spiro atoms. The van der Waals surface area contributed by atoms with Gasteiger partial charge in [0.2, 0.25) is 0 Å². The van der Waals surface area contributed by atoms with Gasteiger partial charge in [0.1, 0.15) is 11.0 Å². The number of likely N-dealkylation sites (tertiary alicyclic amines) is 1. The number of ether oxygens (including phenoxy) is 1. The average molecular weight is 541 g/mol. The summed E-state index contributed by atoms with van der Waals surface area (Å²) in [5.41, 5.74) is -0.652. The molecule has 3 aromatic rings. The Kier molecular flexibility index (Phi) is 7.01. The Hall–Kier alpha value is -3.85. The summed E-state index contributed by atoms with van der Waals surface area (Å²) < 4.78 is 30.9. The second kappa shape index (κ2) is 9.79. The Morgan fingerprint density at radius 3 is 2.55 bits per heavy atom. The largest absolute Gasteiger partial charge is 0.444 e. The third kappa shape index (κ3) is 5.24. The van der Waals surface area contributed by atoms with Crippen LogP contribution in [-0.2, 0) is 20.1 Å². The van der Waals surface area contributed by atoms with Crippen LogP contribution in [0.15, 0.2) is 46.2 Å². The first-order valence-corrected chi connectivity index (χ1v) is 14.2. The van der Waals surface area contributed by atoms with Crippen LogP contribution in [0.3, 0.4) is 0 Å². The summed E-state index contributed by atoms with van der Waals surface area (Å²) in [4.78, 5) is 30.2. The van der Waals surface area contributed by atoms with E-state index in [9.17, 15) is 23.3 Å². The number of benzene rings is 1. The number of nitriles is 1. The van der Waals surface area contributed by atoms with E-state index in [0.29, 0.717) is 36.1 Å². The molecular weight excluding hydrogens is 508 g/mol. The van der Waals surface area contributed by atoms with Crippen LogP contribution in [0.1, 0.15) is 40.5 Å². The maximum atomic E-state index is 12.9. The van der Waals surface area contributed by atoms with Crippen molar-refractivity contribution in [3.05, 3.63) is 46.9 Å². The minimum Gasteiger partial charge on any atom is -0.444 e. The van der Waals surface area contributed by atoms with Gasteiger partial charge in [0.05, 0.1) is 28.4 Å². The van der Waals surface area contributed by atoms with Gasteiger partial charge in [0.25, 0.3) is 5.56 Å². The van der Waals surface area contributed by atoms with Crippen LogP contribution >= 0.6 is 0 Å². The number of sulfone groups is 1. The number of hydrogen-bond acceptors (Lipinski definition) is 8. The van der Waals surface area contributed by atoms with Gasteiger partial charge in [-0.2, -0.15) is 10.4 Å². The van der Waals surface area contributed by atoms with Gasteiger partial charge < -0.3 is 19.9 Å². The Balaban J connectivity index is 1.74. The van der Waals surface area contributed by atoms with Crippen molar-refractivity contribution in [3.8, 4) is 6.07 Å². The molecule has 2 aromatic heterocycles. The second-order valence-corrected chi connectivity index (χ2v) is 12.8. The lowest BCUT2D eigenvalue weighted by molar-refractivity contribution is -0.00358. The van der Waals surface area contributed by atoms with Gasteiger partial charge in [0.15, 0.2) is 15.7 Å². The predicted molar refractivity (Wildman–Crippen MR) is 143 cm³/mol. The summed E-state index contributed by atoms with van der Waals surface area (Å²) in [7, 11) is -3.36. The number of aromatic amines is 1. The molecule has 0 radical (unpaired) electrons. The first-order chi connectivity index (χ1) is 17.7. The quantitative estimate of drug-likeness (QED) is 0.497. The third-order valence-electron chi connectivity index (χ3n) is 6.83. The van der Waals surface area contributed by atoms with Crippen LogP contribution in [-0.4, -0.2) is 59.1 Å². The predicted octanol–water partition coefficient (Wildman–Crippen LogP) is 3.76. The maximum Gasteiger partial charge on any atom is 0.410 e. The second-order valence-electron chi connectivity index (χ2n) is 10.8. The van der Waals surface area contributed by atoms with Crippen LogP contribution < -0.4 is 10.9 Å². The molecule has 2 N–H and O–H groups in total. The number of carbonyl (C=O) groups excluding carboxylic acids is 1. The van der Waals surface area contributed by atoms with E-state index in [2.05, 4.69) is 16.4 Å². The Bertz CT molecular complexity index is 1560. The fourth-order valence-electron chi connectivity index (χ4n) is 4.87. The highest BCUT2D eigenvalue weighted by atomic mass is 32.2. The zero-order chi connectivity index (χ0) is 27.9. The third-order valence-corrected chi connectivity index (χ3v) is 7.96. The molecule has 38 heavy (non-hydrogen) atoms. The van der Waals surface area contributed by atoms with E-state index >= 15 is 0 Å². The van der Waals surface area contributed by atoms with Gasteiger partial charge in [-0.25, -0.2) is 13.2 Å². The number of nitrogens with zero attached hydrogens (tertiary/aromatic N) is 4. The van der Waals surface area contributed by atoms with E-state index in [-0.39, 0.29) is 28.6 Å². The Morgan fingerprint density at radius 2 is 1.97 bits per heavy atom. The van der Waals surface area contributed by atoms with Gasteiger partial charge in [-0.15, -0.1) is 0 Å². The molecule has 202 valence electrons. The van der Waals surface area contributed by atoms with Gasteiger partial charge in [0, 0.05) is 37.1 Å². The van der Waals surface area contributed by atoms with Gasteiger partial charge in [-0.1, -0.05) is 6.92 Å². The van der Waals surface area contributed by atoms with E-state index in [4.69, 9.17) is 9.84 Å². The zero-order valence-corrected chi connectivity index (χ0v) is 22.9. The van der Waals surface area contributed by atoms with E-state index < -0.39 is 27.1 Å². The van der Waals surface area contributed by atoms with E-state index in [1.165, 1.54) is 18.3 Å². The number of anilines is 2. The molecule has 0 aliphatic carbocycles. The number of nitrogens with one attached hydrogen (secondary N) is 2. The smallest absolute Gasteiger partial charge is 0.410 e. The molecule has 0 bridgehead atoms. The summed E-state index contributed by atoms with van der Waals surface area (Å²) in [5.74, 6) is 0.0979. The highest BCUT2D eigenvalue weighted by Crippen LogP contribution is 2.41. The summed E-state index contributed by atoms with van der Waals surface area (Å²) in [6.45, 7) is 8.13. The molecule has 0 saturated carbocycles. The topological polar surface area (TPSA) is 150 Å². The van der Waals surface area contributed by atoms with Crippen LogP contribution in [0, 0.1) is 17.2 Å². The number of aromatic nitrogens is 3.